The molecular weight excluding hydrogens is 365 g/mol. The van der Waals surface area contributed by atoms with Gasteiger partial charge in [0.15, 0.2) is 9.47 Å². The van der Waals surface area contributed by atoms with Crippen molar-refractivity contribution in [2.24, 2.45) is 0 Å². The van der Waals surface area contributed by atoms with Gasteiger partial charge in [0.1, 0.15) is 5.82 Å². The molecule has 0 saturated heterocycles. The van der Waals surface area contributed by atoms with Crippen molar-refractivity contribution in [3.8, 4) is 11.3 Å². The number of aromatic nitrogens is 2. The summed E-state index contributed by atoms with van der Waals surface area (Å²) in [5.74, 6) is -0.404. The first kappa shape index (κ1) is 17.1. The van der Waals surface area contributed by atoms with E-state index in [2.05, 4.69) is 15.3 Å². The van der Waals surface area contributed by atoms with Crippen molar-refractivity contribution in [3.05, 3.63) is 46.5 Å². The Balaban J connectivity index is 1.63. The molecule has 1 unspecified atom stereocenters. The number of aryl methyl sites for hydroxylation is 1. The zero-order valence-corrected chi connectivity index (χ0v) is 15.4. The number of anilines is 1. The standard InChI is InChI=1S/C16H14FN3OS3/c1-9-7-23-16(18-9)24-10(2)14(21)20-15-19-13(8-22-15)11-3-5-12(17)6-4-11/h3-8,10H,1-2H3,(H,19,20,21). The largest absolute Gasteiger partial charge is 0.301 e. The van der Waals surface area contributed by atoms with Crippen molar-refractivity contribution in [1.29, 1.82) is 0 Å². The minimum Gasteiger partial charge on any atom is -0.301 e. The van der Waals surface area contributed by atoms with Crippen LogP contribution in [0, 0.1) is 12.7 Å². The number of hydrogen-bond acceptors (Lipinski definition) is 6. The van der Waals surface area contributed by atoms with Crippen molar-refractivity contribution < 1.29 is 9.18 Å². The van der Waals surface area contributed by atoms with Gasteiger partial charge in [-0.3, -0.25) is 4.79 Å². The van der Waals surface area contributed by atoms with Gasteiger partial charge in [0.25, 0.3) is 0 Å². The first-order valence-electron chi connectivity index (χ1n) is 7.12. The average molecular weight is 380 g/mol. The third-order valence-corrected chi connectivity index (χ3v) is 6.07. The van der Waals surface area contributed by atoms with E-state index in [-0.39, 0.29) is 17.0 Å². The number of carbonyl (C=O) groups excluding carboxylic acids is 1. The molecule has 0 bridgehead atoms. The summed E-state index contributed by atoms with van der Waals surface area (Å²) in [5.41, 5.74) is 2.49. The average Bonchev–Trinajstić information content (AvgIpc) is 3.17. The van der Waals surface area contributed by atoms with Gasteiger partial charge in [-0.15, -0.1) is 22.7 Å². The van der Waals surface area contributed by atoms with Crippen LogP contribution >= 0.6 is 34.4 Å². The van der Waals surface area contributed by atoms with Crippen molar-refractivity contribution in [2.45, 2.75) is 23.4 Å². The number of nitrogens with zero attached hydrogens (tertiary/aromatic N) is 2. The highest BCUT2D eigenvalue weighted by atomic mass is 32.2. The van der Waals surface area contributed by atoms with E-state index in [1.165, 1.54) is 46.6 Å². The third kappa shape index (κ3) is 4.19. The van der Waals surface area contributed by atoms with Gasteiger partial charge in [0, 0.05) is 22.0 Å². The zero-order valence-electron chi connectivity index (χ0n) is 12.9. The summed E-state index contributed by atoms with van der Waals surface area (Å²) in [6, 6.07) is 6.11. The second-order valence-electron chi connectivity index (χ2n) is 5.05. The van der Waals surface area contributed by atoms with Crippen LogP contribution in [-0.4, -0.2) is 21.1 Å². The predicted molar refractivity (Wildman–Crippen MR) is 98.3 cm³/mol. The van der Waals surface area contributed by atoms with Gasteiger partial charge < -0.3 is 5.32 Å². The van der Waals surface area contributed by atoms with Gasteiger partial charge in [-0.05, 0) is 38.1 Å². The zero-order chi connectivity index (χ0) is 17.1. The molecular formula is C16H14FN3OS3. The predicted octanol–water partition coefficient (Wildman–Crippen LogP) is 4.83. The normalized spacial score (nSPS) is 12.1. The molecule has 1 amide bonds. The van der Waals surface area contributed by atoms with E-state index in [9.17, 15) is 9.18 Å². The summed E-state index contributed by atoms with van der Waals surface area (Å²) in [7, 11) is 0. The number of amides is 1. The van der Waals surface area contributed by atoms with E-state index in [1.807, 2.05) is 24.6 Å². The summed E-state index contributed by atoms with van der Waals surface area (Å²) >= 11 is 4.31. The van der Waals surface area contributed by atoms with Gasteiger partial charge in [0.2, 0.25) is 5.91 Å². The smallest absolute Gasteiger partial charge is 0.239 e. The Hall–Kier alpha value is -1.77. The van der Waals surface area contributed by atoms with Crippen LogP contribution in [0.3, 0.4) is 0 Å². The number of carbonyl (C=O) groups is 1. The Bertz CT molecular complexity index is 844. The summed E-state index contributed by atoms with van der Waals surface area (Å²) < 4.78 is 13.8. The minimum absolute atomic E-state index is 0.118. The minimum atomic E-state index is -0.286. The molecule has 0 spiro atoms. The molecule has 3 rings (SSSR count). The number of halogens is 1. The van der Waals surface area contributed by atoms with Crippen LogP contribution < -0.4 is 5.32 Å². The lowest BCUT2D eigenvalue weighted by atomic mass is 10.2. The maximum atomic E-state index is 13.0. The van der Waals surface area contributed by atoms with Crippen LogP contribution in [0.25, 0.3) is 11.3 Å². The number of benzene rings is 1. The van der Waals surface area contributed by atoms with Crippen molar-refractivity contribution in [3.63, 3.8) is 0 Å². The van der Waals surface area contributed by atoms with Crippen molar-refractivity contribution in [2.75, 3.05) is 5.32 Å². The number of rotatable bonds is 5. The van der Waals surface area contributed by atoms with Crippen molar-refractivity contribution >= 4 is 45.5 Å². The SMILES string of the molecule is Cc1csc(SC(C)C(=O)Nc2nc(-c3ccc(F)cc3)cs2)n1. The Morgan fingerprint density at radius 1 is 1.21 bits per heavy atom. The summed E-state index contributed by atoms with van der Waals surface area (Å²) in [6.07, 6.45) is 0. The van der Waals surface area contributed by atoms with Gasteiger partial charge in [0.05, 0.1) is 10.9 Å². The summed E-state index contributed by atoms with van der Waals surface area (Å²) in [6.45, 7) is 3.77. The van der Waals surface area contributed by atoms with Crippen molar-refractivity contribution in [1.82, 2.24) is 9.97 Å². The number of thioether (sulfide) groups is 1. The van der Waals surface area contributed by atoms with E-state index in [1.54, 1.807) is 12.1 Å². The maximum absolute atomic E-state index is 13.0. The number of nitrogens with one attached hydrogen (secondary N) is 1. The molecule has 124 valence electrons. The van der Waals surface area contributed by atoms with Gasteiger partial charge >= 0.3 is 0 Å². The van der Waals surface area contributed by atoms with E-state index in [0.29, 0.717) is 10.8 Å². The van der Waals surface area contributed by atoms with E-state index >= 15 is 0 Å². The fourth-order valence-corrected chi connectivity index (χ4v) is 4.59. The molecule has 0 aliphatic carbocycles. The lowest BCUT2D eigenvalue weighted by Gasteiger charge is -2.08. The molecule has 1 atom stereocenters. The van der Waals surface area contributed by atoms with Gasteiger partial charge in [-0.25, -0.2) is 14.4 Å². The highest BCUT2D eigenvalue weighted by molar-refractivity contribution is 8.02. The lowest BCUT2D eigenvalue weighted by molar-refractivity contribution is -0.115. The molecule has 2 heterocycles. The molecule has 1 aromatic carbocycles. The van der Waals surface area contributed by atoms with E-state index in [4.69, 9.17) is 0 Å². The molecule has 0 radical (unpaired) electrons. The lowest BCUT2D eigenvalue weighted by Crippen LogP contribution is -2.22. The maximum Gasteiger partial charge on any atom is 0.239 e. The highest BCUT2D eigenvalue weighted by Gasteiger charge is 2.17. The van der Waals surface area contributed by atoms with Gasteiger partial charge in [-0.2, -0.15) is 0 Å². The van der Waals surface area contributed by atoms with E-state index in [0.717, 1.165) is 15.6 Å². The number of hydrogen-bond donors (Lipinski definition) is 1. The Kier molecular flexibility index (Phi) is 5.27. The van der Waals surface area contributed by atoms with Crippen LogP contribution in [0.2, 0.25) is 0 Å². The topological polar surface area (TPSA) is 54.9 Å². The Morgan fingerprint density at radius 2 is 1.96 bits per heavy atom. The fourth-order valence-electron chi connectivity index (χ4n) is 1.88. The van der Waals surface area contributed by atoms with Crippen LogP contribution in [0.15, 0.2) is 39.4 Å². The van der Waals surface area contributed by atoms with Gasteiger partial charge in [-0.1, -0.05) is 11.8 Å². The monoisotopic (exact) mass is 379 g/mol. The molecule has 0 aliphatic rings. The van der Waals surface area contributed by atoms with Crippen LogP contribution in [0.4, 0.5) is 9.52 Å². The molecule has 0 fully saturated rings. The Morgan fingerprint density at radius 3 is 2.62 bits per heavy atom. The Labute approximate surface area is 151 Å². The molecule has 4 nitrogen and oxygen atoms in total. The van der Waals surface area contributed by atoms with E-state index < -0.39 is 0 Å². The quantitative estimate of drug-likeness (QED) is 0.645. The first-order chi connectivity index (χ1) is 11.5. The second kappa shape index (κ2) is 7.42. The third-order valence-electron chi connectivity index (χ3n) is 3.12. The molecule has 1 N–H and O–H groups in total. The highest BCUT2D eigenvalue weighted by Crippen LogP contribution is 2.29. The number of thiazole rings is 2. The van der Waals surface area contributed by atoms with Crippen LogP contribution in [0.5, 0.6) is 0 Å². The van der Waals surface area contributed by atoms with Crippen LogP contribution in [-0.2, 0) is 4.79 Å². The second-order valence-corrected chi connectivity index (χ2v) is 8.35. The molecule has 2 aromatic heterocycles. The molecule has 24 heavy (non-hydrogen) atoms. The molecule has 8 heteroatoms. The molecule has 0 aliphatic heterocycles. The van der Waals surface area contributed by atoms with Crippen LogP contribution in [0.1, 0.15) is 12.6 Å². The first-order valence-corrected chi connectivity index (χ1v) is 9.76. The fraction of sp³-hybridized carbons (Fsp3) is 0.188. The summed E-state index contributed by atoms with van der Waals surface area (Å²) in [4.78, 5) is 21.0. The molecule has 0 saturated carbocycles. The summed E-state index contributed by atoms with van der Waals surface area (Å²) in [5, 5.41) is 6.88. The molecule has 3 aromatic rings.